The first-order valence-electron chi connectivity index (χ1n) is 6.02. The van der Waals surface area contributed by atoms with Gasteiger partial charge in [0.2, 0.25) is 0 Å². The van der Waals surface area contributed by atoms with E-state index in [-0.39, 0.29) is 5.82 Å². The molecule has 0 atom stereocenters. The van der Waals surface area contributed by atoms with Crippen LogP contribution in [0, 0.1) is 5.82 Å². The van der Waals surface area contributed by atoms with E-state index in [2.05, 4.69) is 4.98 Å². The first-order valence-corrected chi connectivity index (χ1v) is 6.02. The van der Waals surface area contributed by atoms with Gasteiger partial charge in [0, 0.05) is 29.9 Å². The first kappa shape index (κ1) is 10.5. The average Bonchev–Trinajstić information content (AvgIpc) is 2.73. The number of hydrogen-bond acceptors (Lipinski definition) is 1. The maximum atomic E-state index is 13.3. The van der Waals surface area contributed by atoms with Crippen molar-refractivity contribution in [1.29, 1.82) is 0 Å². The van der Waals surface area contributed by atoms with Crippen LogP contribution in [0.1, 0.15) is 37.2 Å². The van der Waals surface area contributed by atoms with Gasteiger partial charge in [-0.3, -0.25) is 4.79 Å². The average molecular weight is 231 g/mol. The van der Waals surface area contributed by atoms with E-state index >= 15 is 0 Å². The lowest BCUT2D eigenvalue weighted by Gasteiger charge is -2.20. The minimum atomic E-state index is -0.203. The highest BCUT2D eigenvalue weighted by Crippen LogP contribution is 2.35. The van der Waals surface area contributed by atoms with Crippen molar-refractivity contribution >= 4 is 16.7 Å². The molecule has 1 aliphatic carbocycles. The molecule has 3 rings (SSSR count). The van der Waals surface area contributed by atoms with E-state index in [1.165, 1.54) is 6.07 Å². The summed E-state index contributed by atoms with van der Waals surface area (Å²) < 4.78 is 13.3. The van der Waals surface area contributed by atoms with Crippen molar-refractivity contribution in [3.05, 3.63) is 35.8 Å². The lowest BCUT2D eigenvalue weighted by atomic mass is 9.83. The minimum absolute atomic E-state index is 0.203. The molecule has 1 aliphatic rings. The minimum Gasteiger partial charge on any atom is -0.361 e. The maximum absolute atomic E-state index is 13.3. The fourth-order valence-electron chi connectivity index (χ4n) is 2.70. The number of carbonyl (C=O) groups excluding carboxylic acids is 1. The predicted octanol–water partition coefficient (Wildman–Crippen LogP) is 3.53. The van der Waals surface area contributed by atoms with Crippen molar-refractivity contribution in [2.24, 2.45) is 0 Å². The molecule has 1 heterocycles. The van der Waals surface area contributed by atoms with Gasteiger partial charge in [-0.25, -0.2) is 4.39 Å². The lowest BCUT2D eigenvalue weighted by molar-refractivity contribution is -0.120. The van der Waals surface area contributed by atoms with Gasteiger partial charge in [0.15, 0.2) is 0 Å². The van der Waals surface area contributed by atoms with E-state index < -0.39 is 0 Å². The van der Waals surface area contributed by atoms with Crippen molar-refractivity contribution < 1.29 is 9.18 Å². The number of aromatic amines is 1. The molecule has 0 spiro atoms. The Kier molecular flexibility index (Phi) is 2.46. The van der Waals surface area contributed by atoms with Gasteiger partial charge >= 0.3 is 0 Å². The molecular formula is C14H14FNO. The molecule has 1 N–H and O–H groups in total. The molecule has 2 nitrogen and oxygen atoms in total. The van der Waals surface area contributed by atoms with Gasteiger partial charge in [-0.2, -0.15) is 0 Å². The van der Waals surface area contributed by atoms with E-state index in [4.69, 9.17) is 0 Å². The SMILES string of the molecule is O=C1CCC(c2c[nH]c3ccc(F)cc23)CC1. The lowest BCUT2D eigenvalue weighted by Crippen LogP contribution is -2.12. The number of aromatic nitrogens is 1. The standard InChI is InChI=1S/C14H14FNO/c15-10-3-6-14-12(7-10)13(8-16-14)9-1-4-11(17)5-2-9/h3,6-9,16H,1-2,4-5H2. The largest absolute Gasteiger partial charge is 0.361 e. The number of carbonyl (C=O) groups is 1. The highest BCUT2D eigenvalue weighted by atomic mass is 19.1. The normalized spacial score (nSPS) is 17.8. The Hall–Kier alpha value is -1.64. The van der Waals surface area contributed by atoms with Gasteiger partial charge in [0.05, 0.1) is 0 Å². The van der Waals surface area contributed by atoms with E-state index in [0.717, 1.165) is 29.3 Å². The number of rotatable bonds is 1. The number of Topliss-reactive ketones (excluding diaryl/α,β-unsaturated/α-hetero) is 1. The van der Waals surface area contributed by atoms with Crippen molar-refractivity contribution in [1.82, 2.24) is 4.98 Å². The molecule has 0 amide bonds. The van der Waals surface area contributed by atoms with E-state index in [0.29, 0.717) is 24.5 Å². The predicted molar refractivity (Wildman–Crippen MR) is 64.5 cm³/mol. The van der Waals surface area contributed by atoms with Crippen molar-refractivity contribution in [2.75, 3.05) is 0 Å². The second kappa shape index (κ2) is 3.99. The van der Waals surface area contributed by atoms with Crippen LogP contribution in [0.25, 0.3) is 10.9 Å². The van der Waals surface area contributed by atoms with Crippen molar-refractivity contribution in [2.45, 2.75) is 31.6 Å². The highest BCUT2D eigenvalue weighted by molar-refractivity contribution is 5.85. The van der Waals surface area contributed by atoms with Gasteiger partial charge in [0.1, 0.15) is 11.6 Å². The highest BCUT2D eigenvalue weighted by Gasteiger charge is 2.22. The Bertz CT molecular complexity index is 563. The van der Waals surface area contributed by atoms with Gasteiger partial charge < -0.3 is 4.98 Å². The third-order valence-corrected chi connectivity index (χ3v) is 3.66. The van der Waals surface area contributed by atoms with Crippen LogP contribution in [0.5, 0.6) is 0 Å². The van der Waals surface area contributed by atoms with Gasteiger partial charge in [-0.15, -0.1) is 0 Å². The van der Waals surface area contributed by atoms with Crippen LogP contribution in [0.15, 0.2) is 24.4 Å². The Morgan fingerprint density at radius 1 is 1.24 bits per heavy atom. The molecule has 17 heavy (non-hydrogen) atoms. The number of benzene rings is 1. The summed E-state index contributed by atoms with van der Waals surface area (Å²) in [5.74, 6) is 0.542. The summed E-state index contributed by atoms with van der Waals surface area (Å²) in [6, 6.07) is 4.81. The summed E-state index contributed by atoms with van der Waals surface area (Å²) in [5, 5.41) is 0.962. The number of halogens is 1. The summed E-state index contributed by atoms with van der Waals surface area (Å²) in [7, 11) is 0. The summed E-state index contributed by atoms with van der Waals surface area (Å²) in [5.41, 5.74) is 2.13. The number of hydrogen-bond donors (Lipinski definition) is 1. The zero-order chi connectivity index (χ0) is 11.8. The van der Waals surface area contributed by atoms with Crippen molar-refractivity contribution in [3.8, 4) is 0 Å². The first-order chi connectivity index (χ1) is 8.24. The molecule has 0 unspecified atom stereocenters. The molecule has 1 fully saturated rings. The van der Waals surface area contributed by atoms with Crippen LogP contribution in [-0.2, 0) is 4.79 Å². The molecule has 1 aromatic heterocycles. The van der Waals surface area contributed by atoms with Crippen LogP contribution in [0.2, 0.25) is 0 Å². The zero-order valence-corrected chi connectivity index (χ0v) is 9.50. The molecule has 1 aromatic carbocycles. The second-order valence-electron chi connectivity index (χ2n) is 4.75. The van der Waals surface area contributed by atoms with Gasteiger partial charge in [0.25, 0.3) is 0 Å². The van der Waals surface area contributed by atoms with Crippen LogP contribution in [0.3, 0.4) is 0 Å². The Balaban J connectivity index is 1.99. The molecule has 0 saturated heterocycles. The fourth-order valence-corrected chi connectivity index (χ4v) is 2.70. The fraction of sp³-hybridized carbons (Fsp3) is 0.357. The summed E-state index contributed by atoms with van der Waals surface area (Å²) in [6.45, 7) is 0. The number of fused-ring (bicyclic) bond motifs is 1. The Labute approximate surface area is 98.8 Å². The van der Waals surface area contributed by atoms with Gasteiger partial charge in [-0.05, 0) is 42.5 Å². The van der Waals surface area contributed by atoms with Crippen molar-refractivity contribution in [3.63, 3.8) is 0 Å². The van der Waals surface area contributed by atoms with E-state index in [1.807, 2.05) is 6.20 Å². The Morgan fingerprint density at radius 3 is 2.76 bits per heavy atom. The molecule has 1 saturated carbocycles. The topological polar surface area (TPSA) is 32.9 Å². The third-order valence-electron chi connectivity index (χ3n) is 3.66. The number of ketones is 1. The Morgan fingerprint density at radius 2 is 2.00 bits per heavy atom. The van der Waals surface area contributed by atoms with Crippen LogP contribution >= 0.6 is 0 Å². The van der Waals surface area contributed by atoms with Crippen LogP contribution in [0.4, 0.5) is 4.39 Å². The molecular weight excluding hydrogens is 217 g/mol. The van der Waals surface area contributed by atoms with Gasteiger partial charge in [-0.1, -0.05) is 0 Å². The second-order valence-corrected chi connectivity index (χ2v) is 4.75. The summed E-state index contributed by atoms with van der Waals surface area (Å²) in [4.78, 5) is 14.4. The smallest absolute Gasteiger partial charge is 0.132 e. The molecule has 0 radical (unpaired) electrons. The van der Waals surface area contributed by atoms with E-state index in [9.17, 15) is 9.18 Å². The molecule has 88 valence electrons. The summed E-state index contributed by atoms with van der Waals surface area (Å²) >= 11 is 0. The summed E-state index contributed by atoms with van der Waals surface area (Å²) in [6.07, 6.45) is 5.06. The molecule has 2 aromatic rings. The monoisotopic (exact) mass is 231 g/mol. The zero-order valence-electron chi connectivity index (χ0n) is 9.50. The van der Waals surface area contributed by atoms with E-state index in [1.54, 1.807) is 12.1 Å². The molecule has 0 aliphatic heterocycles. The third kappa shape index (κ3) is 1.86. The van der Waals surface area contributed by atoms with Crippen LogP contribution < -0.4 is 0 Å². The number of nitrogens with one attached hydrogen (secondary N) is 1. The molecule has 3 heteroatoms. The maximum Gasteiger partial charge on any atom is 0.132 e. The quantitative estimate of drug-likeness (QED) is 0.800. The molecule has 0 bridgehead atoms. The van der Waals surface area contributed by atoms with Crippen LogP contribution in [-0.4, -0.2) is 10.8 Å². The number of H-pyrrole nitrogens is 1.